The van der Waals surface area contributed by atoms with Crippen molar-refractivity contribution < 1.29 is 22.7 Å². The summed E-state index contributed by atoms with van der Waals surface area (Å²) in [7, 11) is 1.55. The van der Waals surface area contributed by atoms with Crippen LogP contribution in [0.1, 0.15) is 5.56 Å². The van der Waals surface area contributed by atoms with Crippen LogP contribution in [0.15, 0.2) is 24.3 Å². The predicted molar refractivity (Wildman–Crippen MR) is 63.4 cm³/mol. The van der Waals surface area contributed by atoms with Gasteiger partial charge in [0.05, 0.1) is 5.75 Å². The van der Waals surface area contributed by atoms with Gasteiger partial charge in [0, 0.05) is 12.8 Å². The molecule has 0 aromatic heterocycles. The van der Waals surface area contributed by atoms with E-state index in [1.54, 1.807) is 7.05 Å². The minimum Gasteiger partial charge on any atom is -0.406 e. The van der Waals surface area contributed by atoms with Crippen molar-refractivity contribution in [3.05, 3.63) is 29.8 Å². The Morgan fingerprint density at radius 2 is 1.94 bits per heavy atom. The summed E-state index contributed by atoms with van der Waals surface area (Å²) in [5, 5.41) is 2.48. The fraction of sp³-hybridized carbons (Fsp3) is 0.364. The van der Waals surface area contributed by atoms with Crippen LogP contribution in [0.4, 0.5) is 13.2 Å². The van der Waals surface area contributed by atoms with Gasteiger partial charge in [0.2, 0.25) is 5.91 Å². The van der Waals surface area contributed by atoms with Crippen molar-refractivity contribution in [2.45, 2.75) is 12.1 Å². The molecule has 0 heterocycles. The molecular weight excluding hydrogens is 267 g/mol. The van der Waals surface area contributed by atoms with Crippen LogP contribution in [0, 0.1) is 0 Å². The highest BCUT2D eigenvalue weighted by Gasteiger charge is 2.30. The molecule has 0 bridgehead atoms. The fourth-order valence-corrected chi connectivity index (χ4v) is 1.98. The number of ether oxygens (including phenoxy) is 1. The number of carbonyl (C=O) groups is 1. The largest absolute Gasteiger partial charge is 0.573 e. The Balaban J connectivity index is 2.43. The van der Waals surface area contributed by atoms with Gasteiger partial charge in [0.1, 0.15) is 5.75 Å². The number of halogens is 3. The Morgan fingerprint density at radius 3 is 2.44 bits per heavy atom. The Hall–Kier alpha value is -1.37. The van der Waals surface area contributed by atoms with Crippen molar-refractivity contribution in [2.24, 2.45) is 0 Å². The number of thioether (sulfide) groups is 1. The molecule has 1 N–H and O–H groups in total. The van der Waals surface area contributed by atoms with Gasteiger partial charge in [-0.15, -0.1) is 24.9 Å². The van der Waals surface area contributed by atoms with Gasteiger partial charge in [-0.1, -0.05) is 12.1 Å². The lowest BCUT2D eigenvalue weighted by atomic mass is 10.2. The highest BCUT2D eigenvalue weighted by atomic mass is 32.2. The van der Waals surface area contributed by atoms with Gasteiger partial charge < -0.3 is 10.1 Å². The molecular formula is C11H12F3NO2S. The van der Waals surface area contributed by atoms with E-state index in [-0.39, 0.29) is 11.7 Å². The van der Waals surface area contributed by atoms with Gasteiger partial charge >= 0.3 is 6.36 Å². The highest BCUT2D eigenvalue weighted by Crippen LogP contribution is 2.23. The molecule has 1 rings (SSSR count). The lowest BCUT2D eigenvalue weighted by Crippen LogP contribution is -2.19. The second kappa shape index (κ2) is 6.53. The van der Waals surface area contributed by atoms with Crippen LogP contribution in [-0.2, 0) is 10.5 Å². The predicted octanol–water partition coefficient (Wildman–Crippen LogP) is 2.56. The zero-order valence-electron chi connectivity index (χ0n) is 9.58. The van der Waals surface area contributed by atoms with Gasteiger partial charge in [0.15, 0.2) is 0 Å². The van der Waals surface area contributed by atoms with Gasteiger partial charge in [-0.2, -0.15) is 0 Å². The summed E-state index contributed by atoms with van der Waals surface area (Å²) in [5.74, 6) is 0.538. The Kier molecular flexibility index (Phi) is 5.33. The van der Waals surface area contributed by atoms with E-state index in [2.05, 4.69) is 10.1 Å². The first-order valence-electron chi connectivity index (χ1n) is 5.04. The average molecular weight is 279 g/mol. The van der Waals surface area contributed by atoms with Crippen LogP contribution >= 0.6 is 11.8 Å². The lowest BCUT2D eigenvalue weighted by molar-refractivity contribution is -0.274. The van der Waals surface area contributed by atoms with Gasteiger partial charge in [-0.05, 0) is 17.7 Å². The van der Waals surface area contributed by atoms with E-state index in [0.717, 1.165) is 5.56 Å². The van der Waals surface area contributed by atoms with Crippen LogP contribution in [0.3, 0.4) is 0 Å². The van der Waals surface area contributed by atoms with E-state index < -0.39 is 6.36 Å². The van der Waals surface area contributed by atoms with Crippen LogP contribution in [0.25, 0.3) is 0 Å². The summed E-state index contributed by atoms with van der Waals surface area (Å²) in [6, 6.07) is 5.59. The Labute approximate surface area is 107 Å². The molecule has 0 unspecified atom stereocenters. The first-order valence-corrected chi connectivity index (χ1v) is 6.19. The number of amides is 1. The highest BCUT2D eigenvalue weighted by molar-refractivity contribution is 7.99. The van der Waals surface area contributed by atoms with E-state index >= 15 is 0 Å². The Morgan fingerprint density at radius 1 is 1.33 bits per heavy atom. The maximum absolute atomic E-state index is 11.9. The molecule has 0 aliphatic carbocycles. The van der Waals surface area contributed by atoms with Crippen molar-refractivity contribution in [3.63, 3.8) is 0 Å². The van der Waals surface area contributed by atoms with E-state index in [9.17, 15) is 18.0 Å². The first kappa shape index (κ1) is 14.7. The third kappa shape index (κ3) is 5.81. The second-order valence-electron chi connectivity index (χ2n) is 3.36. The van der Waals surface area contributed by atoms with Crippen LogP contribution in [0.2, 0.25) is 0 Å². The van der Waals surface area contributed by atoms with E-state index in [0.29, 0.717) is 11.5 Å². The maximum Gasteiger partial charge on any atom is 0.573 e. The van der Waals surface area contributed by atoms with Gasteiger partial charge in [-0.3, -0.25) is 4.79 Å². The second-order valence-corrected chi connectivity index (χ2v) is 4.34. The van der Waals surface area contributed by atoms with Gasteiger partial charge in [-0.25, -0.2) is 0 Å². The normalized spacial score (nSPS) is 11.1. The summed E-state index contributed by atoms with van der Waals surface area (Å²) in [5.41, 5.74) is 0.832. The molecule has 0 spiro atoms. The third-order valence-corrected chi connectivity index (χ3v) is 2.94. The topological polar surface area (TPSA) is 38.3 Å². The molecule has 3 nitrogen and oxygen atoms in total. The molecule has 0 aliphatic heterocycles. The quantitative estimate of drug-likeness (QED) is 0.900. The lowest BCUT2D eigenvalue weighted by Gasteiger charge is -2.09. The number of alkyl halides is 3. The van der Waals surface area contributed by atoms with Gasteiger partial charge in [0.25, 0.3) is 0 Å². The summed E-state index contributed by atoms with van der Waals surface area (Å²) >= 11 is 1.38. The zero-order chi connectivity index (χ0) is 13.6. The number of rotatable bonds is 5. The minimum absolute atomic E-state index is 0.0861. The Bertz CT molecular complexity index is 392. The average Bonchev–Trinajstić information content (AvgIpc) is 2.29. The number of hydrogen-bond donors (Lipinski definition) is 1. The van der Waals surface area contributed by atoms with Crippen molar-refractivity contribution in [2.75, 3.05) is 12.8 Å². The molecule has 100 valence electrons. The third-order valence-electron chi connectivity index (χ3n) is 1.94. The number of nitrogens with one attached hydrogen (secondary N) is 1. The monoisotopic (exact) mass is 279 g/mol. The molecule has 0 atom stereocenters. The molecule has 1 aromatic carbocycles. The number of hydrogen-bond acceptors (Lipinski definition) is 3. The van der Waals surface area contributed by atoms with E-state index in [1.165, 1.54) is 36.0 Å². The smallest absolute Gasteiger partial charge is 0.406 e. The molecule has 0 saturated heterocycles. The fourth-order valence-electron chi connectivity index (χ4n) is 1.12. The van der Waals surface area contributed by atoms with E-state index in [1.807, 2.05) is 0 Å². The van der Waals surface area contributed by atoms with Crippen molar-refractivity contribution in [1.82, 2.24) is 5.32 Å². The van der Waals surface area contributed by atoms with Crippen LogP contribution in [0.5, 0.6) is 5.75 Å². The van der Waals surface area contributed by atoms with E-state index in [4.69, 9.17) is 0 Å². The summed E-state index contributed by atoms with van der Waals surface area (Å²) < 4.78 is 39.5. The summed E-state index contributed by atoms with van der Waals surface area (Å²) in [6.45, 7) is 0. The molecule has 1 amide bonds. The standard InChI is InChI=1S/C11H12F3NO2S/c1-15-10(16)7-18-6-8-2-4-9(5-3-8)17-11(12,13)14/h2-5H,6-7H2,1H3,(H,15,16). The van der Waals surface area contributed by atoms with Crippen LogP contribution < -0.4 is 10.1 Å². The molecule has 1 aromatic rings. The maximum atomic E-state index is 11.9. The molecule has 0 aliphatic rings. The molecule has 0 fully saturated rings. The minimum atomic E-state index is -4.67. The molecule has 18 heavy (non-hydrogen) atoms. The van der Waals surface area contributed by atoms with Crippen LogP contribution in [-0.4, -0.2) is 25.1 Å². The SMILES string of the molecule is CNC(=O)CSCc1ccc(OC(F)(F)F)cc1. The molecule has 7 heteroatoms. The molecule has 0 saturated carbocycles. The van der Waals surface area contributed by atoms with Crippen molar-refractivity contribution >= 4 is 17.7 Å². The zero-order valence-corrected chi connectivity index (χ0v) is 10.4. The number of benzene rings is 1. The summed E-state index contributed by atoms with van der Waals surface area (Å²) in [6.07, 6.45) is -4.67. The number of carbonyl (C=O) groups excluding carboxylic acids is 1. The van der Waals surface area contributed by atoms with Crippen molar-refractivity contribution in [3.8, 4) is 5.75 Å². The van der Waals surface area contributed by atoms with Crippen molar-refractivity contribution in [1.29, 1.82) is 0 Å². The molecule has 0 radical (unpaired) electrons. The summed E-state index contributed by atoms with van der Waals surface area (Å²) in [4.78, 5) is 10.9. The first-order chi connectivity index (χ1) is 8.40.